The Balaban J connectivity index is 0.0000000756. The zero-order valence-electron chi connectivity index (χ0n) is 40.4. The van der Waals surface area contributed by atoms with Crippen LogP contribution in [0.4, 0.5) is 0 Å². The van der Waals surface area contributed by atoms with E-state index in [-0.39, 0.29) is 0 Å². The second-order valence-electron chi connectivity index (χ2n) is 28.7. The summed E-state index contributed by atoms with van der Waals surface area (Å²) in [4.78, 5) is 0. The zero-order valence-corrected chi connectivity index (χ0v) is 40.4. The first-order valence-corrected chi connectivity index (χ1v) is 30.1. The molecule has 0 amide bonds. The van der Waals surface area contributed by atoms with Gasteiger partial charge in [0.05, 0.1) is 0 Å². The van der Waals surface area contributed by atoms with Gasteiger partial charge in [-0.2, -0.15) is 0 Å². The molecular weight excluding hydrogens is 793 g/mol. The van der Waals surface area contributed by atoms with Gasteiger partial charge in [0.1, 0.15) is 0 Å². The molecule has 0 aromatic heterocycles. The van der Waals surface area contributed by atoms with Crippen molar-refractivity contribution in [3.63, 3.8) is 0 Å². The van der Waals surface area contributed by atoms with Gasteiger partial charge in [0.15, 0.2) is 0 Å². The summed E-state index contributed by atoms with van der Waals surface area (Å²) in [6.07, 6.45) is 68.7. The molecule has 16 bridgehead atoms. The fraction of sp³-hybridized carbons (Fsp3) is 0.758. The van der Waals surface area contributed by atoms with E-state index in [1.807, 2.05) is 0 Å². The molecule has 32 unspecified atom stereocenters. The Morgan fingerprint density at radius 1 is 0.136 bits per heavy atom. The van der Waals surface area contributed by atoms with E-state index in [4.69, 9.17) is 0 Å². The van der Waals surface area contributed by atoms with Crippen molar-refractivity contribution in [2.75, 3.05) is 0 Å². The third-order valence-corrected chi connectivity index (χ3v) is 27.3. The lowest BCUT2D eigenvalue weighted by Gasteiger charge is -2.57. The van der Waals surface area contributed by atoms with Crippen molar-refractivity contribution in [3.8, 4) is 0 Å². The molecule has 348 valence electrons. The molecule has 0 nitrogen and oxygen atoms in total. The van der Waals surface area contributed by atoms with Crippen LogP contribution in [0, 0.1) is 189 Å². The van der Waals surface area contributed by atoms with Crippen molar-refractivity contribution in [1.29, 1.82) is 0 Å². The van der Waals surface area contributed by atoms with Crippen molar-refractivity contribution in [3.05, 3.63) is 97.2 Å². The summed E-state index contributed by atoms with van der Waals surface area (Å²) < 4.78 is 0. The van der Waals surface area contributed by atoms with Crippen LogP contribution in [0.3, 0.4) is 0 Å². The van der Waals surface area contributed by atoms with Crippen molar-refractivity contribution < 1.29 is 0 Å². The Hall–Kier alpha value is -2.08. The highest BCUT2D eigenvalue weighted by Crippen LogP contribution is 2.69. The molecule has 0 saturated heterocycles. The van der Waals surface area contributed by atoms with Crippen LogP contribution in [-0.4, -0.2) is 0 Å². The first-order valence-electron chi connectivity index (χ1n) is 30.1. The standard InChI is InChI=1S/C18H24.C17H22.C16H20.C15H18/c1-2-12-4-3-11(1)15-9-17-13-5-7-14(8-6-13)18(17)10-16(12)15;1-2-11-4-3-10(1)14-8-16-12-5-6-13(7-12)17(16)9-15(11)14;1-2-10-5-9(1)13-7-15-11-3-4-12(6-11)16(15)8-14(10)13;1-3-10-5-8(1)12-7-13-9-2-4-11(6-9)15(13)14(10)12/h1-2,5,7,11-18H,3-4,6,8-10H2;1-2,5-6,10-17H,3-4,7-9H2;1-4,9-16H,5-8H2;1-4,8-15H,5-7H2. The Labute approximate surface area is 400 Å². The average Bonchev–Trinajstić information content (AvgIpc) is 4.22. The van der Waals surface area contributed by atoms with Crippen LogP contribution < -0.4 is 0 Å². The topological polar surface area (TPSA) is 0 Å². The van der Waals surface area contributed by atoms with Crippen molar-refractivity contribution in [2.45, 2.75) is 116 Å². The maximum absolute atomic E-state index is 2.59. The van der Waals surface area contributed by atoms with E-state index in [1.54, 1.807) is 44.9 Å². The van der Waals surface area contributed by atoms with Crippen LogP contribution in [-0.2, 0) is 0 Å². The summed E-state index contributed by atoms with van der Waals surface area (Å²) in [5.41, 5.74) is 0. The minimum absolute atomic E-state index is 0.963. The normalized spacial score (nSPS) is 62.8. The summed E-state index contributed by atoms with van der Waals surface area (Å²) in [7, 11) is 0. The molecule has 0 spiro atoms. The maximum atomic E-state index is 2.59. The van der Waals surface area contributed by atoms with Gasteiger partial charge >= 0.3 is 0 Å². The van der Waals surface area contributed by atoms with Gasteiger partial charge in [0.2, 0.25) is 0 Å². The number of fused-ring (bicyclic) bond motifs is 29. The molecule has 0 N–H and O–H groups in total. The van der Waals surface area contributed by atoms with E-state index in [9.17, 15) is 0 Å². The summed E-state index contributed by atoms with van der Waals surface area (Å²) in [6.45, 7) is 0. The van der Waals surface area contributed by atoms with Crippen LogP contribution in [0.5, 0.6) is 0 Å². The van der Waals surface area contributed by atoms with Gasteiger partial charge in [-0.05, 0) is 305 Å². The summed E-state index contributed by atoms with van der Waals surface area (Å²) >= 11 is 0. The lowest BCUT2D eigenvalue weighted by Crippen LogP contribution is -2.49. The molecule has 12 saturated carbocycles. The van der Waals surface area contributed by atoms with E-state index < -0.39 is 0 Å². The van der Waals surface area contributed by atoms with Crippen LogP contribution in [0.2, 0.25) is 0 Å². The summed E-state index contributed by atoms with van der Waals surface area (Å²) in [5, 5.41) is 0. The van der Waals surface area contributed by atoms with Gasteiger partial charge in [0.25, 0.3) is 0 Å². The number of hydrogen-bond acceptors (Lipinski definition) is 0. The molecule has 0 aliphatic heterocycles. The number of allylic oxidation sites excluding steroid dienone is 16. The molecule has 23 rings (SSSR count). The Morgan fingerprint density at radius 3 is 0.515 bits per heavy atom. The first-order chi connectivity index (χ1) is 32.6. The third kappa shape index (κ3) is 5.69. The van der Waals surface area contributed by atoms with Gasteiger partial charge in [0, 0.05) is 0 Å². The Morgan fingerprint density at radius 2 is 0.288 bits per heavy atom. The molecule has 12 fully saturated rings. The van der Waals surface area contributed by atoms with Gasteiger partial charge in [-0.3, -0.25) is 0 Å². The molecule has 0 radical (unpaired) electrons. The molecule has 32 atom stereocenters. The number of hydrogen-bond donors (Lipinski definition) is 0. The van der Waals surface area contributed by atoms with Crippen LogP contribution in [0.15, 0.2) is 97.2 Å². The highest BCUT2D eigenvalue weighted by atomic mass is 14.7. The predicted molar refractivity (Wildman–Crippen MR) is 268 cm³/mol. The van der Waals surface area contributed by atoms with E-state index >= 15 is 0 Å². The smallest absolute Gasteiger partial charge is 0.0194 e. The van der Waals surface area contributed by atoms with E-state index in [1.165, 1.54) is 70.6 Å². The van der Waals surface area contributed by atoms with Crippen molar-refractivity contribution in [1.82, 2.24) is 0 Å². The van der Waals surface area contributed by atoms with Crippen LogP contribution >= 0.6 is 0 Å². The minimum atomic E-state index is 0.963. The molecule has 0 heterocycles. The fourth-order valence-electron chi connectivity index (χ4n) is 24.8. The largest absolute Gasteiger partial charge is 0.0848 e. The lowest BCUT2D eigenvalue weighted by molar-refractivity contribution is -0.0346. The highest BCUT2D eigenvalue weighted by Gasteiger charge is 2.62. The first kappa shape index (κ1) is 39.6. The Kier molecular flexibility index (Phi) is 8.85. The number of rotatable bonds is 0. The lowest BCUT2D eigenvalue weighted by atomic mass is 9.48. The second-order valence-corrected chi connectivity index (χ2v) is 28.7. The molecule has 66 heavy (non-hydrogen) atoms. The van der Waals surface area contributed by atoms with Gasteiger partial charge in [-0.1, -0.05) is 97.2 Å². The zero-order chi connectivity index (χ0) is 42.5. The average molecular weight is 877 g/mol. The maximum Gasteiger partial charge on any atom is -0.0194 e. The monoisotopic (exact) mass is 877 g/mol. The minimum Gasteiger partial charge on any atom is -0.0848 e. The summed E-state index contributed by atoms with van der Waals surface area (Å²) in [6, 6.07) is 0. The molecule has 23 aliphatic rings. The van der Waals surface area contributed by atoms with Gasteiger partial charge < -0.3 is 0 Å². The highest BCUT2D eigenvalue weighted by molar-refractivity contribution is 5.26. The van der Waals surface area contributed by atoms with Crippen molar-refractivity contribution >= 4 is 0 Å². The van der Waals surface area contributed by atoms with Crippen molar-refractivity contribution in [2.24, 2.45) is 189 Å². The molecule has 0 heteroatoms. The van der Waals surface area contributed by atoms with Crippen LogP contribution in [0.1, 0.15) is 116 Å². The van der Waals surface area contributed by atoms with E-state index in [2.05, 4.69) is 97.2 Å². The van der Waals surface area contributed by atoms with E-state index in [0.29, 0.717) is 0 Å². The third-order valence-electron chi connectivity index (χ3n) is 27.3. The molecule has 0 aromatic carbocycles. The van der Waals surface area contributed by atoms with E-state index in [0.717, 1.165) is 189 Å². The molecule has 23 aliphatic carbocycles. The second kappa shape index (κ2) is 14.7. The van der Waals surface area contributed by atoms with Gasteiger partial charge in [-0.15, -0.1) is 0 Å². The molecular formula is C66H84. The fourth-order valence-corrected chi connectivity index (χ4v) is 24.8. The quantitative estimate of drug-likeness (QED) is 0.213. The molecule has 0 aromatic rings. The van der Waals surface area contributed by atoms with Gasteiger partial charge in [-0.25, -0.2) is 0 Å². The summed E-state index contributed by atoms with van der Waals surface area (Å²) in [5.74, 6) is 33.0. The predicted octanol–water partition coefficient (Wildman–Crippen LogP) is 15.4. The Bertz CT molecular complexity index is 1990. The van der Waals surface area contributed by atoms with Crippen LogP contribution in [0.25, 0.3) is 0 Å². The SMILES string of the molecule is C1=CC2CC1C1CC3C4C=CC(C4)C3C21.C1=CC2CC1C1CC3C4C=CC(C4)C3CC21.C1=CC2CCC1C1CC3C4C=CC(C4)C3CC21.C1=CC2CCC1C1CC3C4C=CC(CC4)C3CC21.